The molecule has 7 heteroatoms. The van der Waals surface area contributed by atoms with Crippen LogP contribution in [0.3, 0.4) is 0 Å². The Bertz CT molecular complexity index is 805. The number of benzene rings is 1. The van der Waals surface area contributed by atoms with Crippen LogP contribution in [0.4, 0.5) is 0 Å². The van der Waals surface area contributed by atoms with Gasteiger partial charge in [-0.15, -0.1) is 0 Å². The van der Waals surface area contributed by atoms with Gasteiger partial charge in [0.2, 0.25) is 0 Å². The summed E-state index contributed by atoms with van der Waals surface area (Å²) in [5.74, 6) is 2.34. The number of para-hydroxylation sites is 1. The van der Waals surface area contributed by atoms with Crippen LogP contribution in [0.5, 0.6) is 11.5 Å². The standard InChI is InChI=1S/C17H16ClN3O3/c1-11(23-13-7-8-15(18)19-10-13)17-20-16(21-24-17)9-12-5-3-4-6-14(12)22-2/h3-8,10-11H,9H2,1-2H3/t11-/m0/s1. The monoisotopic (exact) mass is 345 g/mol. The van der Waals surface area contributed by atoms with Crippen molar-refractivity contribution in [2.45, 2.75) is 19.4 Å². The highest BCUT2D eigenvalue weighted by molar-refractivity contribution is 6.29. The first-order valence-electron chi connectivity index (χ1n) is 7.38. The third-order valence-electron chi connectivity index (χ3n) is 3.39. The van der Waals surface area contributed by atoms with Crippen molar-refractivity contribution in [1.82, 2.24) is 15.1 Å². The molecule has 0 aliphatic heterocycles. The van der Waals surface area contributed by atoms with Crippen LogP contribution in [0.2, 0.25) is 5.15 Å². The molecule has 0 saturated carbocycles. The average molecular weight is 346 g/mol. The molecule has 0 radical (unpaired) electrons. The molecule has 0 amide bonds. The third kappa shape index (κ3) is 3.83. The summed E-state index contributed by atoms with van der Waals surface area (Å²) in [4.78, 5) is 8.36. The molecule has 124 valence electrons. The van der Waals surface area contributed by atoms with Gasteiger partial charge in [-0.05, 0) is 25.1 Å². The molecule has 3 rings (SSSR count). The Kier molecular flexibility index (Phi) is 4.96. The summed E-state index contributed by atoms with van der Waals surface area (Å²) in [5, 5.41) is 4.41. The molecule has 1 aromatic carbocycles. The zero-order valence-corrected chi connectivity index (χ0v) is 14.0. The van der Waals surface area contributed by atoms with E-state index in [1.54, 1.807) is 25.4 Å². The van der Waals surface area contributed by atoms with Gasteiger partial charge in [0.15, 0.2) is 11.9 Å². The molecule has 0 saturated heterocycles. The minimum absolute atomic E-state index is 0.396. The van der Waals surface area contributed by atoms with Crippen molar-refractivity contribution in [1.29, 1.82) is 0 Å². The Hall–Kier alpha value is -2.60. The lowest BCUT2D eigenvalue weighted by Gasteiger charge is -2.09. The summed E-state index contributed by atoms with van der Waals surface area (Å²) < 4.78 is 16.3. The highest BCUT2D eigenvalue weighted by atomic mass is 35.5. The molecule has 24 heavy (non-hydrogen) atoms. The van der Waals surface area contributed by atoms with Gasteiger partial charge in [0, 0.05) is 12.0 Å². The van der Waals surface area contributed by atoms with Crippen molar-refractivity contribution in [3.05, 3.63) is 65.0 Å². The first-order chi connectivity index (χ1) is 11.7. The lowest BCUT2D eigenvalue weighted by atomic mass is 10.1. The quantitative estimate of drug-likeness (QED) is 0.632. The van der Waals surface area contributed by atoms with Crippen LogP contribution < -0.4 is 9.47 Å². The Morgan fingerprint density at radius 2 is 2.04 bits per heavy atom. The van der Waals surface area contributed by atoms with Crippen LogP contribution >= 0.6 is 11.6 Å². The van der Waals surface area contributed by atoms with Gasteiger partial charge in [-0.1, -0.05) is 35.0 Å². The van der Waals surface area contributed by atoms with E-state index in [1.165, 1.54) is 0 Å². The Morgan fingerprint density at radius 1 is 1.21 bits per heavy atom. The molecule has 0 fully saturated rings. The maximum Gasteiger partial charge on any atom is 0.267 e. The summed E-state index contributed by atoms with van der Waals surface area (Å²) in [5.41, 5.74) is 0.989. The first-order valence-corrected chi connectivity index (χ1v) is 7.76. The smallest absolute Gasteiger partial charge is 0.267 e. The number of methoxy groups -OCH3 is 1. The van der Waals surface area contributed by atoms with E-state index in [9.17, 15) is 0 Å². The van der Waals surface area contributed by atoms with Gasteiger partial charge in [-0.3, -0.25) is 0 Å². The predicted molar refractivity (Wildman–Crippen MR) is 88.4 cm³/mol. The van der Waals surface area contributed by atoms with Crippen molar-refractivity contribution in [3.63, 3.8) is 0 Å². The van der Waals surface area contributed by atoms with E-state index < -0.39 is 6.10 Å². The van der Waals surface area contributed by atoms with Gasteiger partial charge in [-0.2, -0.15) is 4.98 Å². The second kappa shape index (κ2) is 7.31. The number of hydrogen-bond donors (Lipinski definition) is 0. The minimum atomic E-state index is -0.396. The van der Waals surface area contributed by atoms with E-state index in [4.69, 9.17) is 25.6 Å². The molecular weight excluding hydrogens is 330 g/mol. The second-order valence-corrected chi connectivity index (χ2v) is 5.50. The summed E-state index contributed by atoms with van der Waals surface area (Å²) in [6, 6.07) is 11.1. The van der Waals surface area contributed by atoms with E-state index in [2.05, 4.69) is 15.1 Å². The van der Waals surface area contributed by atoms with Gasteiger partial charge in [0.05, 0.1) is 13.3 Å². The molecule has 3 aromatic rings. The molecule has 1 atom stereocenters. The summed E-state index contributed by atoms with van der Waals surface area (Å²) in [7, 11) is 1.64. The zero-order chi connectivity index (χ0) is 16.9. The first kappa shape index (κ1) is 16.3. The van der Waals surface area contributed by atoms with E-state index in [1.807, 2.05) is 31.2 Å². The molecule has 2 heterocycles. The van der Waals surface area contributed by atoms with Gasteiger partial charge >= 0.3 is 0 Å². The molecule has 0 unspecified atom stereocenters. The van der Waals surface area contributed by atoms with Crippen LogP contribution in [0.15, 0.2) is 47.1 Å². The normalized spacial score (nSPS) is 12.0. The maximum absolute atomic E-state index is 5.75. The summed E-state index contributed by atoms with van der Waals surface area (Å²) in [6.07, 6.45) is 1.67. The Labute approximate surface area is 144 Å². The third-order valence-corrected chi connectivity index (χ3v) is 3.61. The number of pyridine rings is 1. The fourth-order valence-corrected chi connectivity index (χ4v) is 2.32. The minimum Gasteiger partial charge on any atom is -0.496 e. The van der Waals surface area contributed by atoms with Gasteiger partial charge in [0.25, 0.3) is 5.89 Å². The van der Waals surface area contributed by atoms with Crippen molar-refractivity contribution in [3.8, 4) is 11.5 Å². The van der Waals surface area contributed by atoms with Gasteiger partial charge in [-0.25, -0.2) is 4.98 Å². The zero-order valence-electron chi connectivity index (χ0n) is 13.3. The average Bonchev–Trinajstić information content (AvgIpc) is 3.06. The highest BCUT2D eigenvalue weighted by Crippen LogP contribution is 2.23. The number of aromatic nitrogens is 3. The molecule has 0 aliphatic rings. The van der Waals surface area contributed by atoms with E-state index in [0.717, 1.165) is 11.3 Å². The lowest BCUT2D eigenvalue weighted by molar-refractivity contribution is 0.175. The largest absolute Gasteiger partial charge is 0.496 e. The second-order valence-electron chi connectivity index (χ2n) is 5.11. The number of hydrogen-bond acceptors (Lipinski definition) is 6. The highest BCUT2D eigenvalue weighted by Gasteiger charge is 2.17. The summed E-state index contributed by atoms with van der Waals surface area (Å²) in [6.45, 7) is 1.83. The van der Waals surface area contributed by atoms with Crippen LogP contribution in [0.25, 0.3) is 0 Å². The fourth-order valence-electron chi connectivity index (χ4n) is 2.21. The Morgan fingerprint density at radius 3 is 2.79 bits per heavy atom. The van der Waals surface area contributed by atoms with E-state index in [-0.39, 0.29) is 0 Å². The van der Waals surface area contributed by atoms with Crippen molar-refractivity contribution in [2.24, 2.45) is 0 Å². The molecule has 0 spiro atoms. The molecule has 6 nitrogen and oxygen atoms in total. The van der Waals surface area contributed by atoms with Gasteiger partial charge in [0.1, 0.15) is 16.7 Å². The van der Waals surface area contributed by atoms with Crippen LogP contribution in [-0.4, -0.2) is 22.2 Å². The molecule has 0 aliphatic carbocycles. The molecule has 0 N–H and O–H groups in total. The topological polar surface area (TPSA) is 70.3 Å². The van der Waals surface area contributed by atoms with Crippen LogP contribution in [0, 0.1) is 0 Å². The number of nitrogens with zero attached hydrogens (tertiary/aromatic N) is 3. The number of ether oxygens (including phenoxy) is 2. The molecule has 0 bridgehead atoms. The molecule has 2 aromatic heterocycles. The summed E-state index contributed by atoms with van der Waals surface area (Å²) >= 11 is 5.75. The van der Waals surface area contributed by atoms with E-state index in [0.29, 0.717) is 29.0 Å². The molecular formula is C17H16ClN3O3. The predicted octanol–water partition coefficient (Wildman–Crippen LogP) is 3.86. The SMILES string of the molecule is COc1ccccc1Cc1noc([C@H](C)Oc2ccc(Cl)nc2)n1. The van der Waals surface area contributed by atoms with Crippen molar-refractivity contribution >= 4 is 11.6 Å². The van der Waals surface area contributed by atoms with Crippen LogP contribution in [-0.2, 0) is 6.42 Å². The Balaban J connectivity index is 1.69. The maximum atomic E-state index is 5.75. The van der Waals surface area contributed by atoms with Crippen molar-refractivity contribution < 1.29 is 14.0 Å². The number of rotatable bonds is 6. The van der Waals surface area contributed by atoms with Gasteiger partial charge < -0.3 is 14.0 Å². The van der Waals surface area contributed by atoms with Crippen molar-refractivity contribution in [2.75, 3.05) is 7.11 Å². The fraction of sp³-hybridized carbons (Fsp3) is 0.235. The van der Waals surface area contributed by atoms with Crippen LogP contribution in [0.1, 0.15) is 30.3 Å². The number of halogens is 1. The van der Waals surface area contributed by atoms with E-state index >= 15 is 0 Å². The lowest BCUT2D eigenvalue weighted by Crippen LogP contribution is -2.04.